The zero-order valence-electron chi connectivity index (χ0n) is 9.69. The maximum absolute atomic E-state index is 13.0. The number of rotatable bonds is 4. The van der Waals surface area contributed by atoms with E-state index in [1.165, 1.54) is 18.2 Å². The molecule has 5 heteroatoms. The van der Waals surface area contributed by atoms with Crippen LogP contribution in [0.25, 0.3) is 0 Å². The van der Waals surface area contributed by atoms with Crippen LogP contribution in [0.5, 0.6) is 0 Å². The van der Waals surface area contributed by atoms with E-state index in [0.717, 1.165) is 5.33 Å². The summed E-state index contributed by atoms with van der Waals surface area (Å²) in [6.07, 6.45) is 0. The average molecular weight is 367 g/mol. The third-order valence-electron chi connectivity index (χ3n) is 2.26. The number of benzene rings is 1. The van der Waals surface area contributed by atoms with E-state index in [-0.39, 0.29) is 11.3 Å². The van der Waals surface area contributed by atoms with E-state index in [2.05, 4.69) is 37.2 Å². The quantitative estimate of drug-likeness (QED) is 0.808. The molecule has 0 saturated carbocycles. The molecule has 0 aliphatic rings. The molecule has 0 fully saturated rings. The minimum absolute atomic E-state index is 0.0323. The van der Waals surface area contributed by atoms with Gasteiger partial charge in [-0.2, -0.15) is 0 Å². The van der Waals surface area contributed by atoms with Gasteiger partial charge in [0.2, 0.25) is 0 Å². The standard InChI is InChI=1S/C12H14Br2FNO/c1-12(2,6-13)7-16-11(17)9-5-8(15)3-4-10(9)14/h3-5H,6-7H2,1-2H3,(H,16,17). The molecule has 0 bridgehead atoms. The maximum atomic E-state index is 13.0. The molecule has 1 N–H and O–H groups in total. The summed E-state index contributed by atoms with van der Waals surface area (Å²) in [6, 6.07) is 4.06. The number of nitrogens with one attached hydrogen (secondary N) is 1. The lowest BCUT2D eigenvalue weighted by molar-refractivity contribution is 0.0939. The number of halogens is 3. The first-order chi connectivity index (χ1) is 7.85. The average Bonchev–Trinajstić information content (AvgIpc) is 2.29. The van der Waals surface area contributed by atoms with Crippen LogP contribution < -0.4 is 5.32 Å². The lowest BCUT2D eigenvalue weighted by Gasteiger charge is -2.22. The minimum atomic E-state index is -0.418. The summed E-state index contributed by atoms with van der Waals surface area (Å²) in [4.78, 5) is 11.9. The Morgan fingerprint density at radius 2 is 2.12 bits per heavy atom. The lowest BCUT2D eigenvalue weighted by Crippen LogP contribution is -2.35. The van der Waals surface area contributed by atoms with Gasteiger partial charge in [-0.25, -0.2) is 4.39 Å². The predicted octanol–water partition coefficient (Wildman–Crippen LogP) is 3.74. The van der Waals surface area contributed by atoms with Gasteiger partial charge >= 0.3 is 0 Å². The number of hydrogen-bond acceptors (Lipinski definition) is 1. The SMILES string of the molecule is CC(C)(CBr)CNC(=O)c1cc(F)ccc1Br. The van der Waals surface area contributed by atoms with Crippen molar-refractivity contribution in [3.8, 4) is 0 Å². The van der Waals surface area contributed by atoms with Gasteiger partial charge in [0.25, 0.3) is 5.91 Å². The monoisotopic (exact) mass is 365 g/mol. The molecule has 17 heavy (non-hydrogen) atoms. The molecule has 0 heterocycles. The third-order valence-corrected chi connectivity index (χ3v) is 4.47. The Labute approximate surface area is 117 Å². The van der Waals surface area contributed by atoms with Gasteiger partial charge in [0.15, 0.2) is 0 Å². The first-order valence-corrected chi connectivity index (χ1v) is 7.06. The van der Waals surface area contributed by atoms with Crippen LogP contribution in [0, 0.1) is 11.2 Å². The highest BCUT2D eigenvalue weighted by Gasteiger charge is 2.18. The Hall–Kier alpha value is -0.420. The highest BCUT2D eigenvalue weighted by molar-refractivity contribution is 9.10. The summed E-state index contributed by atoms with van der Waals surface area (Å²) >= 11 is 6.61. The van der Waals surface area contributed by atoms with Gasteiger partial charge in [0, 0.05) is 16.3 Å². The zero-order valence-corrected chi connectivity index (χ0v) is 12.9. The van der Waals surface area contributed by atoms with Crippen LogP contribution in [0.4, 0.5) is 4.39 Å². The summed E-state index contributed by atoms with van der Waals surface area (Å²) in [7, 11) is 0. The largest absolute Gasteiger partial charge is 0.351 e. The van der Waals surface area contributed by atoms with E-state index < -0.39 is 5.82 Å². The molecule has 0 saturated heterocycles. The minimum Gasteiger partial charge on any atom is -0.351 e. The summed E-state index contributed by atoms with van der Waals surface area (Å²) in [5, 5.41) is 3.57. The van der Waals surface area contributed by atoms with Gasteiger partial charge in [-0.1, -0.05) is 29.8 Å². The molecule has 0 aromatic heterocycles. The Balaban J connectivity index is 2.74. The van der Waals surface area contributed by atoms with Crippen LogP contribution in [0.3, 0.4) is 0 Å². The molecule has 2 nitrogen and oxygen atoms in total. The summed E-state index contributed by atoms with van der Waals surface area (Å²) < 4.78 is 13.6. The predicted molar refractivity (Wildman–Crippen MR) is 74.0 cm³/mol. The van der Waals surface area contributed by atoms with Crippen molar-refractivity contribution in [3.63, 3.8) is 0 Å². The van der Waals surface area contributed by atoms with Crippen LogP contribution in [-0.4, -0.2) is 17.8 Å². The smallest absolute Gasteiger partial charge is 0.252 e. The molecule has 94 valence electrons. The Morgan fingerprint density at radius 1 is 1.47 bits per heavy atom. The van der Waals surface area contributed by atoms with Crippen LogP contribution in [0.1, 0.15) is 24.2 Å². The second-order valence-electron chi connectivity index (χ2n) is 4.60. The summed E-state index contributed by atoms with van der Waals surface area (Å²) in [5.74, 6) is -0.691. The van der Waals surface area contributed by atoms with E-state index in [1.54, 1.807) is 0 Å². The molecule has 1 aromatic carbocycles. The number of alkyl halides is 1. The van der Waals surface area contributed by atoms with Gasteiger partial charge < -0.3 is 5.32 Å². The summed E-state index contributed by atoms with van der Waals surface area (Å²) in [6.45, 7) is 4.59. The number of carbonyl (C=O) groups is 1. The van der Waals surface area contributed by atoms with Gasteiger partial charge in [0.1, 0.15) is 5.82 Å². The number of hydrogen-bond donors (Lipinski definition) is 1. The molecular formula is C12H14Br2FNO. The Morgan fingerprint density at radius 3 is 2.71 bits per heavy atom. The first-order valence-electron chi connectivity index (χ1n) is 5.15. The Bertz CT molecular complexity index is 421. The molecule has 0 spiro atoms. The molecule has 0 unspecified atom stereocenters. The Kier molecular flexibility index (Phi) is 5.13. The third kappa shape index (κ3) is 4.39. The van der Waals surface area contributed by atoms with E-state index in [4.69, 9.17) is 0 Å². The number of carbonyl (C=O) groups excluding carboxylic acids is 1. The van der Waals surface area contributed by atoms with Crippen molar-refractivity contribution in [3.05, 3.63) is 34.1 Å². The molecular weight excluding hydrogens is 353 g/mol. The van der Waals surface area contributed by atoms with Crippen LogP contribution in [-0.2, 0) is 0 Å². The molecule has 1 amide bonds. The van der Waals surface area contributed by atoms with Crippen LogP contribution >= 0.6 is 31.9 Å². The van der Waals surface area contributed by atoms with E-state index >= 15 is 0 Å². The van der Waals surface area contributed by atoms with Crippen molar-refractivity contribution in [1.29, 1.82) is 0 Å². The van der Waals surface area contributed by atoms with Crippen molar-refractivity contribution < 1.29 is 9.18 Å². The van der Waals surface area contributed by atoms with E-state index in [0.29, 0.717) is 16.6 Å². The normalized spacial score (nSPS) is 11.4. The van der Waals surface area contributed by atoms with Crippen molar-refractivity contribution in [1.82, 2.24) is 5.32 Å². The molecule has 0 aliphatic carbocycles. The molecule has 0 aliphatic heterocycles. The van der Waals surface area contributed by atoms with E-state index in [1.807, 2.05) is 13.8 Å². The topological polar surface area (TPSA) is 29.1 Å². The molecule has 1 aromatic rings. The molecule has 0 atom stereocenters. The van der Waals surface area contributed by atoms with Crippen molar-refractivity contribution in [2.24, 2.45) is 5.41 Å². The molecule has 1 rings (SSSR count). The van der Waals surface area contributed by atoms with Crippen molar-refractivity contribution >= 4 is 37.8 Å². The number of amides is 1. The van der Waals surface area contributed by atoms with Gasteiger partial charge in [-0.15, -0.1) is 0 Å². The highest BCUT2D eigenvalue weighted by atomic mass is 79.9. The lowest BCUT2D eigenvalue weighted by atomic mass is 9.97. The highest BCUT2D eigenvalue weighted by Crippen LogP contribution is 2.19. The van der Waals surface area contributed by atoms with Crippen molar-refractivity contribution in [2.75, 3.05) is 11.9 Å². The zero-order chi connectivity index (χ0) is 13.1. The van der Waals surface area contributed by atoms with Gasteiger partial charge in [-0.05, 0) is 39.5 Å². The van der Waals surface area contributed by atoms with Crippen LogP contribution in [0.15, 0.2) is 22.7 Å². The fraction of sp³-hybridized carbons (Fsp3) is 0.417. The van der Waals surface area contributed by atoms with Gasteiger partial charge in [-0.3, -0.25) is 4.79 Å². The van der Waals surface area contributed by atoms with Crippen LogP contribution in [0.2, 0.25) is 0 Å². The molecule has 0 radical (unpaired) electrons. The summed E-state index contributed by atoms with van der Waals surface area (Å²) in [5.41, 5.74) is 0.283. The fourth-order valence-corrected chi connectivity index (χ4v) is 1.76. The van der Waals surface area contributed by atoms with E-state index in [9.17, 15) is 9.18 Å². The second-order valence-corrected chi connectivity index (χ2v) is 6.02. The second kappa shape index (κ2) is 5.96. The first kappa shape index (κ1) is 14.6. The van der Waals surface area contributed by atoms with Gasteiger partial charge in [0.05, 0.1) is 5.56 Å². The maximum Gasteiger partial charge on any atom is 0.252 e. The fourth-order valence-electron chi connectivity index (χ4n) is 1.13. The van der Waals surface area contributed by atoms with Crippen molar-refractivity contribution in [2.45, 2.75) is 13.8 Å².